The van der Waals surface area contributed by atoms with Gasteiger partial charge in [-0.05, 0) is 53.2 Å². The molecule has 1 heterocycles. The molecule has 0 bridgehead atoms. The zero-order valence-corrected chi connectivity index (χ0v) is 13.3. The molecule has 0 aliphatic rings. The number of anilines is 1. The van der Waals surface area contributed by atoms with Crippen LogP contribution in [0.4, 0.5) is 10.5 Å². The van der Waals surface area contributed by atoms with Gasteiger partial charge < -0.3 is 4.74 Å². The van der Waals surface area contributed by atoms with Crippen molar-refractivity contribution in [1.82, 2.24) is 4.98 Å². The highest BCUT2D eigenvalue weighted by Crippen LogP contribution is 2.20. The third-order valence-electron chi connectivity index (χ3n) is 2.15. The molecule has 0 unspecified atom stereocenters. The van der Waals surface area contributed by atoms with E-state index in [9.17, 15) is 4.79 Å². The van der Waals surface area contributed by atoms with Crippen LogP contribution in [0.15, 0.2) is 6.07 Å². The molecule has 1 N–H and O–H groups in total. The van der Waals surface area contributed by atoms with E-state index in [4.69, 9.17) is 4.74 Å². The van der Waals surface area contributed by atoms with Crippen LogP contribution in [0.3, 0.4) is 0 Å². The van der Waals surface area contributed by atoms with Crippen molar-refractivity contribution in [1.29, 1.82) is 0 Å². The maximum absolute atomic E-state index is 11.7. The molecule has 0 aliphatic carbocycles. The van der Waals surface area contributed by atoms with Gasteiger partial charge in [0.1, 0.15) is 5.60 Å². The molecule has 0 spiro atoms. The van der Waals surface area contributed by atoms with Gasteiger partial charge in [0.2, 0.25) is 0 Å². The molecule has 4 nitrogen and oxygen atoms in total. The summed E-state index contributed by atoms with van der Waals surface area (Å²) in [6, 6.07) is 1.93. The highest BCUT2D eigenvalue weighted by atomic mass is 16.6. The van der Waals surface area contributed by atoms with Gasteiger partial charge in [-0.1, -0.05) is 13.8 Å². The summed E-state index contributed by atoms with van der Waals surface area (Å²) in [5.41, 5.74) is 2.96. The number of carbonyl (C=O) groups is 1. The number of rotatable bonds is 1. The van der Waals surface area contributed by atoms with Crippen LogP contribution in [-0.2, 0) is 4.74 Å². The van der Waals surface area contributed by atoms with Gasteiger partial charge in [0.15, 0.2) is 0 Å². The second-order valence-corrected chi connectivity index (χ2v) is 5.17. The zero-order chi connectivity index (χ0) is 15.2. The Balaban J connectivity index is 0.00000154. The fourth-order valence-corrected chi connectivity index (χ4v) is 1.62. The van der Waals surface area contributed by atoms with Crippen molar-refractivity contribution in [2.75, 3.05) is 5.32 Å². The molecule has 0 aromatic carbocycles. The van der Waals surface area contributed by atoms with E-state index in [1.165, 1.54) is 0 Å². The Hall–Kier alpha value is -1.58. The maximum Gasteiger partial charge on any atom is 0.412 e. The molecule has 1 aromatic heterocycles. The Bertz CT molecular complexity index is 411. The number of nitrogens with one attached hydrogen (secondary N) is 1. The summed E-state index contributed by atoms with van der Waals surface area (Å²) < 4.78 is 5.20. The number of carbonyl (C=O) groups excluding carboxylic acids is 1. The number of amides is 1. The van der Waals surface area contributed by atoms with E-state index in [0.717, 1.165) is 22.6 Å². The lowest BCUT2D eigenvalue weighted by Crippen LogP contribution is -2.27. The second-order valence-electron chi connectivity index (χ2n) is 5.17. The SMILES string of the molecule is CC.Cc1cc(C)c(NC(=O)OC(C)(C)C)c(C)n1. The lowest BCUT2D eigenvalue weighted by molar-refractivity contribution is 0.0635. The van der Waals surface area contributed by atoms with Crippen molar-refractivity contribution in [3.63, 3.8) is 0 Å². The van der Waals surface area contributed by atoms with E-state index in [1.807, 2.05) is 61.5 Å². The van der Waals surface area contributed by atoms with E-state index in [2.05, 4.69) is 10.3 Å². The summed E-state index contributed by atoms with van der Waals surface area (Å²) in [7, 11) is 0. The van der Waals surface area contributed by atoms with Crippen molar-refractivity contribution in [3.05, 3.63) is 23.0 Å². The fourth-order valence-electron chi connectivity index (χ4n) is 1.62. The lowest BCUT2D eigenvalue weighted by atomic mass is 10.1. The van der Waals surface area contributed by atoms with Crippen molar-refractivity contribution < 1.29 is 9.53 Å². The average Bonchev–Trinajstić information content (AvgIpc) is 2.23. The number of aromatic nitrogens is 1. The van der Waals surface area contributed by atoms with Gasteiger partial charge in [-0.15, -0.1) is 0 Å². The Morgan fingerprint density at radius 2 is 1.74 bits per heavy atom. The molecule has 0 radical (unpaired) electrons. The highest BCUT2D eigenvalue weighted by molar-refractivity contribution is 5.86. The van der Waals surface area contributed by atoms with Crippen LogP contribution in [0, 0.1) is 20.8 Å². The first kappa shape index (κ1) is 17.4. The quantitative estimate of drug-likeness (QED) is 0.820. The minimum absolute atomic E-state index is 0.450. The second kappa shape index (κ2) is 7.12. The van der Waals surface area contributed by atoms with Crippen LogP contribution in [0.5, 0.6) is 0 Å². The normalized spacial score (nSPS) is 10.3. The molecule has 1 amide bonds. The first-order valence-corrected chi connectivity index (χ1v) is 6.64. The summed E-state index contributed by atoms with van der Waals surface area (Å²) in [6.07, 6.45) is -0.450. The molecule has 0 saturated carbocycles. The van der Waals surface area contributed by atoms with Gasteiger partial charge >= 0.3 is 6.09 Å². The van der Waals surface area contributed by atoms with Gasteiger partial charge in [0.25, 0.3) is 0 Å². The molecule has 0 saturated heterocycles. The molecule has 0 atom stereocenters. The first-order chi connectivity index (χ1) is 8.69. The molecular formula is C15H26N2O2. The van der Waals surface area contributed by atoms with E-state index in [0.29, 0.717) is 0 Å². The van der Waals surface area contributed by atoms with Crippen LogP contribution in [0.25, 0.3) is 0 Å². The van der Waals surface area contributed by atoms with Crippen molar-refractivity contribution in [2.24, 2.45) is 0 Å². The number of nitrogens with zero attached hydrogens (tertiary/aromatic N) is 1. The topological polar surface area (TPSA) is 51.2 Å². The monoisotopic (exact) mass is 266 g/mol. The van der Waals surface area contributed by atoms with E-state index < -0.39 is 11.7 Å². The lowest BCUT2D eigenvalue weighted by Gasteiger charge is -2.20. The van der Waals surface area contributed by atoms with Crippen LogP contribution >= 0.6 is 0 Å². The van der Waals surface area contributed by atoms with Gasteiger partial charge in [0, 0.05) is 5.69 Å². The van der Waals surface area contributed by atoms with Gasteiger partial charge in [0.05, 0.1) is 11.4 Å². The zero-order valence-electron chi connectivity index (χ0n) is 13.3. The summed E-state index contributed by atoms with van der Waals surface area (Å²) in [5.74, 6) is 0. The third kappa shape index (κ3) is 6.22. The summed E-state index contributed by atoms with van der Waals surface area (Å²) >= 11 is 0. The van der Waals surface area contributed by atoms with Gasteiger partial charge in [-0.3, -0.25) is 10.3 Å². The first-order valence-electron chi connectivity index (χ1n) is 6.64. The molecule has 0 aliphatic heterocycles. The predicted molar refractivity (Wildman–Crippen MR) is 79.7 cm³/mol. The maximum atomic E-state index is 11.7. The highest BCUT2D eigenvalue weighted by Gasteiger charge is 2.17. The summed E-state index contributed by atoms with van der Waals surface area (Å²) in [6.45, 7) is 15.2. The van der Waals surface area contributed by atoms with Crippen molar-refractivity contribution in [3.8, 4) is 0 Å². The number of hydrogen-bond donors (Lipinski definition) is 1. The Morgan fingerprint density at radius 3 is 2.16 bits per heavy atom. The van der Waals surface area contributed by atoms with E-state index in [1.54, 1.807) is 0 Å². The Kier molecular flexibility index (Phi) is 6.53. The number of pyridine rings is 1. The molecule has 1 rings (SSSR count). The van der Waals surface area contributed by atoms with Crippen LogP contribution in [0.1, 0.15) is 51.6 Å². The standard InChI is InChI=1S/C13H20N2O2.C2H6/c1-8-7-9(2)14-10(3)11(8)15-12(16)17-13(4,5)6;1-2/h7H,1-6H3,(H,15,16);1-2H3. The fraction of sp³-hybridized carbons (Fsp3) is 0.600. The summed E-state index contributed by atoms with van der Waals surface area (Å²) in [5, 5.41) is 2.74. The summed E-state index contributed by atoms with van der Waals surface area (Å²) in [4.78, 5) is 16.0. The van der Waals surface area contributed by atoms with Gasteiger partial charge in [-0.2, -0.15) is 0 Å². The largest absolute Gasteiger partial charge is 0.444 e. The molecule has 19 heavy (non-hydrogen) atoms. The van der Waals surface area contributed by atoms with Gasteiger partial charge in [-0.25, -0.2) is 4.79 Å². The Labute approximate surface area is 116 Å². The van der Waals surface area contributed by atoms with Crippen molar-refractivity contribution >= 4 is 11.8 Å². The minimum Gasteiger partial charge on any atom is -0.444 e. The molecule has 108 valence electrons. The number of aryl methyl sites for hydroxylation is 3. The number of ether oxygens (including phenoxy) is 1. The minimum atomic E-state index is -0.496. The van der Waals surface area contributed by atoms with Crippen LogP contribution in [0.2, 0.25) is 0 Å². The third-order valence-corrected chi connectivity index (χ3v) is 2.15. The van der Waals surface area contributed by atoms with Crippen molar-refractivity contribution in [2.45, 2.75) is 61.0 Å². The van der Waals surface area contributed by atoms with E-state index in [-0.39, 0.29) is 0 Å². The van der Waals surface area contributed by atoms with Crippen LogP contribution in [-0.4, -0.2) is 16.7 Å². The molecular weight excluding hydrogens is 240 g/mol. The molecule has 4 heteroatoms. The van der Waals surface area contributed by atoms with E-state index >= 15 is 0 Å². The smallest absolute Gasteiger partial charge is 0.412 e. The molecule has 1 aromatic rings. The predicted octanol–water partition coefficient (Wildman–Crippen LogP) is 4.38. The average molecular weight is 266 g/mol. The number of hydrogen-bond acceptors (Lipinski definition) is 3. The Morgan fingerprint density at radius 1 is 1.21 bits per heavy atom. The molecule has 0 fully saturated rings. The van der Waals surface area contributed by atoms with Crippen LogP contribution < -0.4 is 5.32 Å².